The predicted molar refractivity (Wildman–Crippen MR) is 136 cm³/mol. The zero-order chi connectivity index (χ0) is 26.7. The van der Waals surface area contributed by atoms with Crippen LogP contribution in [0.3, 0.4) is 0 Å². The lowest BCUT2D eigenvalue weighted by molar-refractivity contribution is -0.224. The van der Waals surface area contributed by atoms with Gasteiger partial charge < -0.3 is 20.4 Å². The maximum absolute atomic E-state index is 12.8. The van der Waals surface area contributed by atoms with E-state index < -0.39 is 40.4 Å². The minimum atomic E-state index is -1.16. The van der Waals surface area contributed by atoms with Crippen molar-refractivity contribution >= 4 is 11.9 Å². The van der Waals surface area contributed by atoms with Crippen molar-refractivity contribution in [1.82, 2.24) is 0 Å². The van der Waals surface area contributed by atoms with E-state index in [9.17, 15) is 30.0 Å². The zero-order valence-corrected chi connectivity index (χ0v) is 22.9. The maximum Gasteiger partial charge on any atom is 0.312 e. The van der Waals surface area contributed by atoms with E-state index >= 15 is 0 Å². The molecule has 0 aromatic heterocycles. The third kappa shape index (κ3) is 2.81. The molecule has 0 saturated heterocycles. The third-order valence-corrected chi connectivity index (χ3v) is 13.6. The number of fused-ring (bicyclic) bond motifs is 7. The van der Waals surface area contributed by atoms with Gasteiger partial charge in [0.25, 0.3) is 0 Å². The van der Waals surface area contributed by atoms with Gasteiger partial charge in [0, 0.05) is 5.92 Å². The Hall–Kier alpha value is -1.40. The standard InChI is InChI=1S/C30H46O6/c1-17-9-14-30(24(34)35)16-15-26(3)18(22(30)29(17,6)36)7-8-19-25(2)12-11-21(31)28(5,23(32)33)20(25)10-13-27(19,26)4/h7,17,19-22,31,36H,8-16H2,1-6H3,(H,32,33)(H,34,35)/t17-,19-,20-,21+,22+,25+,26-,27+,28-,29+,30+/m1/s1. The normalized spacial score (nSPS) is 56.3. The van der Waals surface area contributed by atoms with E-state index in [2.05, 4.69) is 33.8 Å². The highest BCUT2D eigenvalue weighted by Crippen LogP contribution is 2.76. The number of hydrogen-bond donors (Lipinski definition) is 4. The fourth-order valence-corrected chi connectivity index (χ4v) is 10.8. The van der Waals surface area contributed by atoms with Crippen molar-refractivity contribution in [2.45, 2.75) is 111 Å². The van der Waals surface area contributed by atoms with Crippen molar-refractivity contribution in [2.24, 2.45) is 50.7 Å². The number of carboxylic acid groups (broad SMARTS) is 2. The van der Waals surface area contributed by atoms with E-state index in [4.69, 9.17) is 0 Å². The van der Waals surface area contributed by atoms with Gasteiger partial charge in [0.2, 0.25) is 0 Å². The molecule has 6 nitrogen and oxygen atoms in total. The summed E-state index contributed by atoms with van der Waals surface area (Å²) in [7, 11) is 0. The summed E-state index contributed by atoms with van der Waals surface area (Å²) in [6.45, 7) is 12.6. The lowest BCUT2D eigenvalue weighted by Gasteiger charge is -2.71. The van der Waals surface area contributed by atoms with Crippen molar-refractivity contribution in [3.05, 3.63) is 11.6 Å². The Morgan fingerprint density at radius 1 is 0.861 bits per heavy atom. The summed E-state index contributed by atoms with van der Waals surface area (Å²) in [6, 6.07) is 0. The molecular weight excluding hydrogens is 456 g/mol. The minimum Gasteiger partial charge on any atom is -0.481 e. The van der Waals surface area contributed by atoms with Crippen LogP contribution in [-0.4, -0.2) is 44.1 Å². The van der Waals surface area contributed by atoms with Crippen molar-refractivity contribution in [1.29, 1.82) is 0 Å². The van der Waals surface area contributed by atoms with Gasteiger partial charge in [0.15, 0.2) is 0 Å². The van der Waals surface area contributed by atoms with Gasteiger partial charge in [-0.25, -0.2) is 0 Å². The van der Waals surface area contributed by atoms with Crippen molar-refractivity contribution in [2.75, 3.05) is 0 Å². The third-order valence-electron chi connectivity index (χ3n) is 13.6. The van der Waals surface area contributed by atoms with Crippen molar-refractivity contribution in [3.8, 4) is 0 Å². The molecule has 202 valence electrons. The SMILES string of the molecule is C[C@@H]1CC[C@]2(C(=O)O)CC[C@]3(C)C(=CC[C@@H]4[C@]5(C)CC[C@H](O)[C@](C)(C(=O)O)[C@@H]5CC[C@@]43C)[C@H]2[C@@]1(C)O. The fraction of sp³-hybridized carbons (Fsp3) is 0.867. The molecule has 4 saturated carbocycles. The minimum absolute atomic E-state index is 0.0214. The molecule has 4 fully saturated rings. The van der Waals surface area contributed by atoms with Crippen LogP contribution in [0.4, 0.5) is 0 Å². The second kappa shape index (κ2) is 7.59. The molecule has 11 atom stereocenters. The molecule has 36 heavy (non-hydrogen) atoms. The average Bonchev–Trinajstić information content (AvgIpc) is 2.79. The van der Waals surface area contributed by atoms with Gasteiger partial charge in [0.1, 0.15) is 0 Å². The highest BCUT2D eigenvalue weighted by molar-refractivity contribution is 5.77. The molecule has 0 unspecified atom stereocenters. The van der Waals surface area contributed by atoms with Gasteiger partial charge in [-0.15, -0.1) is 0 Å². The van der Waals surface area contributed by atoms with Crippen LogP contribution in [0.15, 0.2) is 11.6 Å². The van der Waals surface area contributed by atoms with Crippen molar-refractivity contribution in [3.63, 3.8) is 0 Å². The molecule has 6 heteroatoms. The van der Waals surface area contributed by atoms with Gasteiger partial charge in [-0.3, -0.25) is 9.59 Å². The first-order valence-corrected chi connectivity index (χ1v) is 14.1. The number of carboxylic acids is 2. The van der Waals surface area contributed by atoms with Gasteiger partial charge in [0.05, 0.1) is 22.5 Å². The molecule has 4 N–H and O–H groups in total. The van der Waals surface area contributed by atoms with Crippen LogP contribution in [0, 0.1) is 50.7 Å². The first-order chi connectivity index (χ1) is 16.5. The van der Waals surface area contributed by atoms with Crippen LogP contribution in [0.1, 0.15) is 99.3 Å². The van der Waals surface area contributed by atoms with Gasteiger partial charge in [-0.1, -0.05) is 39.3 Å². The lowest BCUT2D eigenvalue weighted by Crippen LogP contribution is -2.68. The van der Waals surface area contributed by atoms with Crippen LogP contribution in [0.5, 0.6) is 0 Å². The summed E-state index contributed by atoms with van der Waals surface area (Å²) in [5.41, 5.74) is -2.66. The van der Waals surface area contributed by atoms with Gasteiger partial charge in [-0.05, 0) is 106 Å². The molecule has 5 rings (SSSR count). The monoisotopic (exact) mass is 502 g/mol. The summed E-state index contributed by atoms with van der Waals surface area (Å²) < 4.78 is 0. The number of aliphatic hydroxyl groups excluding tert-OH is 1. The van der Waals surface area contributed by atoms with E-state index in [-0.39, 0.29) is 34.0 Å². The molecule has 0 aliphatic heterocycles. The zero-order valence-electron chi connectivity index (χ0n) is 22.9. The Kier molecular flexibility index (Phi) is 5.53. The fourth-order valence-electron chi connectivity index (χ4n) is 10.8. The lowest BCUT2D eigenvalue weighted by atomic mass is 9.33. The van der Waals surface area contributed by atoms with E-state index in [1.807, 2.05) is 6.92 Å². The summed E-state index contributed by atoms with van der Waals surface area (Å²) in [6.07, 6.45) is 7.77. The first kappa shape index (κ1) is 26.2. The Labute approximate surface area is 215 Å². The number of allylic oxidation sites excluding steroid dienone is 1. The van der Waals surface area contributed by atoms with Gasteiger partial charge in [-0.2, -0.15) is 0 Å². The molecule has 0 spiro atoms. The number of hydrogen-bond acceptors (Lipinski definition) is 4. The van der Waals surface area contributed by atoms with Crippen LogP contribution >= 0.6 is 0 Å². The van der Waals surface area contributed by atoms with Crippen LogP contribution < -0.4 is 0 Å². The van der Waals surface area contributed by atoms with Crippen LogP contribution in [0.2, 0.25) is 0 Å². The summed E-state index contributed by atoms with van der Waals surface area (Å²) in [4.78, 5) is 25.4. The second-order valence-electron chi connectivity index (χ2n) is 14.5. The molecule has 0 radical (unpaired) electrons. The molecule has 0 aromatic carbocycles. The van der Waals surface area contributed by atoms with Crippen LogP contribution in [0.25, 0.3) is 0 Å². The Balaban J connectivity index is 1.64. The molecule has 0 aromatic rings. The van der Waals surface area contributed by atoms with Crippen molar-refractivity contribution < 1.29 is 30.0 Å². The van der Waals surface area contributed by atoms with E-state index in [0.29, 0.717) is 19.3 Å². The molecule has 0 amide bonds. The number of aliphatic carboxylic acids is 2. The molecule has 5 aliphatic carbocycles. The maximum atomic E-state index is 12.8. The molecule has 5 aliphatic rings. The average molecular weight is 503 g/mol. The van der Waals surface area contributed by atoms with E-state index in [0.717, 1.165) is 44.1 Å². The second-order valence-corrected chi connectivity index (χ2v) is 14.5. The predicted octanol–water partition coefficient (Wildman–Crippen LogP) is 5.27. The first-order valence-electron chi connectivity index (χ1n) is 14.1. The largest absolute Gasteiger partial charge is 0.481 e. The quantitative estimate of drug-likeness (QED) is 0.383. The number of rotatable bonds is 2. The Morgan fingerprint density at radius 3 is 2.14 bits per heavy atom. The number of carbonyl (C=O) groups is 2. The smallest absolute Gasteiger partial charge is 0.312 e. The van der Waals surface area contributed by atoms with E-state index in [1.54, 1.807) is 6.92 Å². The Morgan fingerprint density at radius 2 is 1.53 bits per heavy atom. The Bertz CT molecular complexity index is 1020. The topological polar surface area (TPSA) is 115 Å². The highest BCUT2D eigenvalue weighted by Gasteiger charge is 2.72. The summed E-state index contributed by atoms with van der Waals surface area (Å²) in [5.74, 6) is -1.93. The molecular formula is C30H46O6. The van der Waals surface area contributed by atoms with E-state index in [1.165, 1.54) is 0 Å². The van der Waals surface area contributed by atoms with Crippen LogP contribution in [-0.2, 0) is 9.59 Å². The molecule has 0 bridgehead atoms. The van der Waals surface area contributed by atoms with Gasteiger partial charge >= 0.3 is 11.9 Å². The summed E-state index contributed by atoms with van der Waals surface area (Å²) >= 11 is 0. The number of aliphatic hydroxyl groups is 2. The molecule has 0 heterocycles. The summed E-state index contributed by atoms with van der Waals surface area (Å²) in [5, 5.41) is 43.5. The highest BCUT2D eigenvalue weighted by atomic mass is 16.4.